The van der Waals surface area contributed by atoms with Gasteiger partial charge >= 0.3 is 0 Å². The van der Waals surface area contributed by atoms with Crippen molar-refractivity contribution in [3.63, 3.8) is 0 Å². The van der Waals surface area contributed by atoms with Gasteiger partial charge in [0, 0.05) is 25.1 Å². The molecule has 0 spiro atoms. The number of amides is 1. The molecule has 0 saturated carbocycles. The number of benzene rings is 1. The first kappa shape index (κ1) is 18.5. The lowest BCUT2D eigenvalue weighted by molar-refractivity contribution is 0.0994. The van der Waals surface area contributed by atoms with Crippen molar-refractivity contribution < 1.29 is 23.4 Å². The summed E-state index contributed by atoms with van der Waals surface area (Å²) in [5.41, 5.74) is 0.558. The largest absolute Gasteiger partial charge is 0.493 e. The average molecular weight is 372 g/mol. The quantitative estimate of drug-likeness (QED) is 0.575. The number of anilines is 1. The van der Waals surface area contributed by atoms with Crippen LogP contribution in [0.5, 0.6) is 11.5 Å². The molecule has 0 fully saturated rings. The number of rotatable bonds is 9. The van der Waals surface area contributed by atoms with Gasteiger partial charge in [-0.3, -0.25) is 4.79 Å². The van der Waals surface area contributed by atoms with E-state index in [0.717, 1.165) is 0 Å². The van der Waals surface area contributed by atoms with Crippen LogP contribution in [0.3, 0.4) is 0 Å². The third kappa shape index (κ3) is 4.85. The van der Waals surface area contributed by atoms with Crippen LogP contribution in [0.4, 0.5) is 5.69 Å². The first-order chi connectivity index (χ1) is 13.2. The van der Waals surface area contributed by atoms with E-state index in [1.165, 1.54) is 0 Å². The number of methoxy groups -OCH3 is 2. The molecule has 9 nitrogen and oxygen atoms in total. The first-order valence-corrected chi connectivity index (χ1v) is 8.23. The van der Waals surface area contributed by atoms with Gasteiger partial charge < -0.3 is 23.9 Å². The fraction of sp³-hybridized carbons (Fsp3) is 0.278. The highest BCUT2D eigenvalue weighted by Gasteiger charge is 2.14. The second-order valence-electron chi connectivity index (χ2n) is 5.53. The van der Waals surface area contributed by atoms with Crippen LogP contribution in [0, 0.1) is 0 Å². The summed E-state index contributed by atoms with van der Waals surface area (Å²) in [5, 5.41) is 10.4. The van der Waals surface area contributed by atoms with Crippen LogP contribution in [0.1, 0.15) is 16.3 Å². The highest BCUT2D eigenvalue weighted by molar-refractivity contribution is 6.02. The molecule has 0 bridgehead atoms. The number of nitrogens with one attached hydrogen (secondary N) is 1. The third-order valence-electron chi connectivity index (χ3n) is 3.64. The van der Waals surface area contributed by atoms with Gasteiger partial charge in [-0.15, -0.1) is 5.10 Å². The number of furan rings is 1. The number of carbonyl (C=O) groups is 1. The summed E-state index contributed by atoms with van der Waals surface area (Å²) in [6.45, 7) is 1.21. The Morgan fingerprint density at radius 3 is 2.81 bits per heavy atom. The second-order valence-corrected chi connectivity index (χ2v) is 5.53. The Balaban J connectivity index is 1.66. The maximum absolute atomic E-state index is 12.4. The van der Waals surface area contributed by atoms with E-state index in [2.05, 4.69) is 15.6 Å². The topological polar surface area (TPSA) is 101 Å². The summed E-state index contributed by atoms with van der Waals surface area (Å²) in [4.78, 5) is 12.4. The molecule has 0 aliphatic rings. The van der Waals surface area contributed by atoms with Crippen molar-refractivity contribution in [3.8, 4) is 11.5 Å². The lowest BCUT2D eigenvalue weighted by Crippen LogP contribution is -2.11. The van der Waals surface area contributed by atoms with E-state index in [0.29, 0.717) is 42.7 Å². The third-order valence-corrected chi connectivity index (χ3v) is 3.64. The molecule has 1 amide bonds. The molecule has 3 rings (SSSR count). The summed E-state index contributed by atoms with van der Waals surface area (Å²) >= 11 is 0. The van der Waals surface area contributed by atoms with Gasteiger partial charge in [0.05, 0.1) is 19.9 Å². The van der Waals surface area contributed by atoms with Crippen molar-refractivity contribution in [1.29, 1.82) is 0 Å². The molecule has 1 N–H and O–H groups in total. The molecule has 3 aromatic rings. The Kier molecular flexibility index (Phi) is 6.06. The minimum absolute atomic E-state index is 0.197. The van der Waals surface area contributed by atoms with Crippen LogP contribution < -0.4 is 14.8 Å². The zero-order chi connectivity index (χ0) is 19.1. The normalized spacial score (nSPS) is 10.6. The zero-order valence-corrected chi connectivity index (χ0v) is 15.0. The Hall–Kier alpha value is -3.33. The average Bonchev–Trinajstić information content (AvgIpc) is 3.35. The number of hydrogen-bond acceptors (Lipinski definition) is 7. The molecule has 0 radical (unpaired) electrons. The summed E-state index contributed by atoms with van der Waals surface area (Å²) < 4.78 is 23.0. The molecule has 2 aromatic heterocycles. The Morgan fingerprint density at radius 1 is 1.19 bits per heavy atom. The maximum atomic E-state index is 12.4. The molecule has 0 atom stereocenters. The fourth-order valence-corrected chi connectivity index (χ4v) is 2.36. The lowest BCUT2D eigenvalue weighted by atomic mass is 10.2. The minimum Gasteiger partial charge on any atom is -0.493 e. The fourth-order valence-electron chi connectivity index (χ4n) is 2.36. The number of ether oxygens (including phenoxy) is 3. The van der Waals surface area contributed by atoms with Crippen molar-refractivity contribution in [2.75, 3.05) is 32.8 Å². The van der Waals surface area contributed by atoms with Crippen molar-refractivity contribution >= 4 is 11.6 Å². The monoisotopic (exact) mass is 372 g/mol. The van der Waals surface area contributed by atoms with Gasteiger partial charge in [-0.2, -0.15) is 0 Å². The predicted octanol–water partition coefficient (Wildman–Crippen LogP) is 2.21. The molecule has 1 aromatic carbocycles. The van der Waals surface area contributed by atoms with Gasteiger partial charge in [-0.1, -0.05) is 5.21 Å². The van der Waals surface area contributed by atoms with Gasteiger partial charge in [-0.25, -0.2) is 4.68 Å². The van der Waals surface area contributed by atoms with Crippen LogP contribution in [0.2, 0.25) is 0 Å². The minimum atomic E-state index is -0.368. The van der Waals surface area contributed by atoms with E-state index in [9.17, 15) is 4.79 Å². The smallest absolute Gasteiger partial charge is 0.291 e. The molecule has 0 unspecified atom stereocenters. The highest BCUT2D eigenvalue weighted by Crippen LogP contribution is 2.30. The van der Waals surface area contributed by atoms with Gasteiger partial charge in [0.25, 0.3) is 5.91 Å². The Morgan fingerprint density at radius 2 is 2.07 bits per heavy atom. The predicted molar refractivity (Wildman–Crippen MR) is 96.2 cm³/mol. The molecule has 27 heavy (non-hydrogen) atoms. The van der Waals surface area contributed by atoms with E-state index in [-0.39, 0.29) is 11.7 Å². The maximum Gasteiger partial charge on any atom is 0.291 e. The van der Waals surface area contributed by atoms with Crippen LogP contribution in [-0.4, -0.2) is 48.3 Å². The van der Waals surface area contributed by atoms with Gasteiger partial charge in [0.1, 0.15) is 18.9 Å². The molecular formula is C18H20N4O5. The van der Waals surface area contributed by atoms with E-state index in [4.69, 9.17) is 18.6 Å². The van der Waals surface area contributed by atoms with Crippen molar-refractivity contribution in [2.45, 2.75) is 6.54 Å². The number of hydrogen-bond donors (Lipinski definition) is 1. The van der Waals surface area contributed by atoms with Crippen molar-refractivity contribution in [1.82, 2.24) is 15.0 Å². The summed E-state index contributed by atoms with van der Waals surface area (Å²) in [5.74, 6) is 1.51. The Labute approximate surface area is 155 Å². The van der Waals surface area contributed by atoms with Crippen LogP contribution in [0.25, 0.3) is 0 Å². The van der Waals surface area contributed by atoms with E-state index < -0.39 is 0 Å². The number of aromatic nitrogens is 3. The van der Waals surface area contributed by atoms with Crippen LogP contribution >= 0.6 is 0 Å². The molecular weight excluding hydrogens is 352 g/mol. The molecule has 142 valence electrons. The van der Waals surface area contributed by atoms with E-state index >= 15 is 0 Å². The molecule has 2 heterocycles. The van der Waals surface area contributed by atoms with Gasteiger partial charge in [-0.05, 0) is 24.3 Å². The van der Waals surface area contributed by atoms with Crippen LogP contribution in [-0.2, 0) is 11.3 Å². The van der Waals surface area contributed by atoms with E-state index in [1.54, 1.807) is 61.6 Å². The summed E-state index contributed by atoms with van der Waals surface area (Å²) in [6, 6.07) is 8.46. The Bertz CT molecular complexity index is 876. The molecule has 0 aliphatic carbocycles. The van der Waals surface area contributed by atoms with Crippen molar-refractivity contribution in [3.05, 3.63) is 54.2 Å². The summed E-state index contributed by atoms with van der Waals surface area (Å²) in [6.07, 6.45) is 3.29. The van der Waals surface area contributed by atoms with Crippen molar-refractivity contribution in [2.24, 2.45) is 0 Å². The second kappa shape index (κ2) is 8.86. The molecule has 0 aliphatic heterocycles. The van der Waals surface area contributed by atoms with Gasteiger partial charge in [0.15, 0.2) is 17.3 Å². The SMILES string of the molecule is COCCOc1cc(NC(=O)c2ccc(Cn3ccnn3)o2)ccc1OC. The standard InChI is InChI=1S/C18H20N4O5/c1-24-9-10-26-17-11-13(3-5-15(17)25-2)20-18(23)16-6-4-14(27-16)12-22-8-7-19-21-22/h3-8,11H,9-10,12H2,1-2H3,(H,20,23). The molecule has 0 saturated heterocycles. The van der Waals surface area contributed by atoms with Crippen LogP contribution in [0.15, 0.2) is 47.1 Å². The first-order valence-electron chi connectivity index (χ1n) is 8.23. The number of nitrogens with zero attached hydrogens (tertiary/aromatic N) is 3. The lowest BCUT2D eigenvalue weighted by Gasteiger charge is -2.12. The van der Waals surface area contributed by atoms with E-state index in [1.807, 2.05) is 0 Å². The van der Waals surface area contributed by atoms with Gasteiger partial charge in [0.2, 0.25) is 0 Å². The number of carbonyl (C=O) groups excluding carboxylic acids is 1. The molecule has 9 heteroatoms. The highest BCUT2D eigenvalue weighted by atomic mass is 16.5. The summed E-state index contributed by atoms with van der Waals surface area (Å²) in [7, 11) is 3.15. The zero-order valence-electron chi connectivity index (χ0n) is 15.0.